The van der Waals surface area contributed by atoms with Gasteiger partial charge in [-0.05, 0) is 31.2 Å². The number of hydrogen-bond acceptors (Lipinski definition) is 4. The fourth-order valence-corrected chi connectivity index (χ4v) is 3.13. The van der Waals surface area contributed by atoms with Gasteiger partial charge in [-0.2, -0.15) is 0 Å². The maximum Gasteiger partial charge on any atom is 0.323 e. The molecule has 8 heteroatoms. The van der Waals surface area contributed by atoms with E-state index in [-0.39, 0.29) is 11.2 Å². The van der Waals surface area contributed by atoms with Crippen molar-refractivity contribution in [3.8, 4) is 5.69 Å². The number of nitrogens with one attached hydrogen (secondary N) is 3. The van der Waals surface area contributed by atoms with Gasteiger partial charge in [-0.3, -0.25) is 14.9 Å². The fraction of sp³-hybridized carbons (Fsp3) is 0.150. The van der Waals surface area contributed by atoms with E-state index in [2.05, 4.69) is 20.1 Å². The van der Waals surface area contributed by atoms with Crippen LogP contribution < -0.4 is 16.1 Å². The summed E-state index contributed by atoms with van der Waals surface area (Å²) in [5, 5.41) is 3.09. The van der Waals surface area contributed by atoms with E-state index in [1.807, 2.05) is 62.3 Å². The van der Waals surface area contributed by atoms with E-state index in [9.17, 15) is 9.59 Å². The Balaban J connectivity index is 1.80. The summed E-state index contributed by atoms with van der Waals surface area (Å²) >= 11 is 0. The highest BCUT2D eigenvalue weighted by Gasteiger charge is 2.12. The Morgan fingerprint density at radius 3 is 2.39 bits per heavy atom. The number of hydrogen-bond donors (Lipinski definition) is 3. The van der Waals surface area contributed by atoms with Gasteiger partial charge in [-0.25, -0.2) is 9.48 Å². The van der Waals surface area contributed by atoms with Crippen LogP contribution in [-0.2, 0) is 0 Å². The number of fused-ring (bicyclic) bond motifs is 1. The molecule has 142 valence electrons. The first-order valence-corrected chi connectivity index (χ1v) is 8.78. The molecule has 0 aliphatic rings. The molecule has 0 saturated carbocycles. The highest BCUT2D eigenvalue weighted by molar-refractivity contribution is 5.90. The van der Waals surface area contributed by atoms with Gasteiger partial charge in [0.15, 0.2) is 0 Å². The molecule has 4 aromatic rings. The number of imidazole rings is 1. The molecule has 0 bridgehead atoms. The van der Waals surface area contributed by atoms with Crippen molar-refractivity contribution >= 4 is 28.6 Å². The van der Waals surface area contributed by atoms with Crippen LogP contribution in [0.5, 0.6) is 0 Å². The van der Waals surface area contributed by atoms with Gasteiger partial charge in [0.05, 0.1) is 33.7 Å². The number of anilines is 1. The van der Waals surface area contributed by atoms with Crippen molar-refractivity contribution in [1.82, 2.24) is 19.7 Å². The van der Waals surface area contributed by atoms with Crippen molar-refractivity contribution in [3.05, 3.63) is 74.6 Å². The van der Waals surface area contributed by atoms with Crippen LogP contribution in [-0.4, -0.2) is 40.1 Å². The summed E-state index contributed by atoms with van der Waals surface area (Å²) in [7, 11) is 3.80. The summed E-state index contributed by atoms with van der Waals surface area (Å²) in [6, 6.07) is 13.0. The van der Waals surface area contributed by atoms with Crippen LogP contribution in [0.2, 0.25) is 0 Å². The maximum absolute atomic E-state index is 12.8. The zero-order valence-electron chi connectivity index (χ0n) is 15.8. The molecule has 4 rings (SSSR count). The zero-order valence-corrected chi connectivity index (χ0v) is 15.8. The van der Waals surface area contributed by atoms with Crippen LogP contribution in [0.1, 0.15) is 11.3 Å². The van der Waals surface area contributed by atoms with Crippen molar-refractivity contribution in [2.45, 2.75) is 6.92 Å². The molecule has 0 atom stereocenters. The molecule has 0 spiro atoms. The van der Waals surface area contributed by atoms with Gasteiger partial charge >= 0.3 is 5.69 Å². The Hall–Kier alpha value is -3.81. The third-order valence-electron chi connectivity index (χ3n) is 4.56. The number of benzene rings is 2. The molecule has 2 aromatic carbocycles. The molecule has 0 aliphatic heterocycles. The zero-order chi connectivity index (χ0) is 19.8. The normalized spacial score (nSPS) is 11.5. The molecule has 0 saturated heterocycles. The van der Waals surface area contributed by atoms with Crippen LogP contribution in [0.25, 0.3) is 16.7 Å². The van der Waals surface area contributed by atoms with Gasteiger partial charge in [0.1, 0.15) is 0 Å². The van der Waals surface area contributed by atoms with Crippen LogP contribution in [0.15, 0.2) is 57.0 Å². The first-order chi connectivity index (χ1) is 13.4. The Morgan fingerprint density at radius 1 is 1.04 bits per heavy atom. The summed E-state index contributed by atoms with van der Waals surface area (Å²) in [5.41, 5.74) is 4.37. The van der Waals surface area contributed by atoms with Gasteiger partial charge in [0, 0.05) is 26.0 Å². The largest absolute Gasteiger partial charge is 0.376 e. The molecule has 2 heterocycles. The van der Waals surface area contributed by atoms with Crippen molar-refractivity contribution < 1.29 is 0 Å². The Bertz CT molecular complexity index is 1290. The lowest BCUT2D eigenvalue weighted by molar-refractivity contribution is 0.835. The number of H-pyrrole nitrogens is 3. The number of nitrogens with zero attached hydrogens (tertiary/aromatic N) is 3. The number of aromatic amines is 3. The topological polar surface area (TPSA) is 102 Å². The van der Waals surface area contributed by atoms with Crippen LogP contribution >= 0.6 is 0 Å². The monoisotopic (exact) mass is 376 g/mol. The van der Waals surface area contributed by atoms with Crippen molar-refractivity contribution in [2.75, 3.05) is 19.0 Å². The fourth-order valence-electron chi connectivity index (χ4n) is 3.13. The second kappa shape index (κ2) is 6.73. The van der Waals surface area contributed by atoms with Crippen LogP contribution in [0.3, 0.4) is 0 Å². The number of aliphatic imine (C=N–C) groups is 1. The molecule has 8 nitrogen and oxygen atoms in total. The van der Waals surface area contributed by atoms with E-state index in [1.54, 1.807) is 12.3 Å². The van der Waals surface area contributed by atoms with Crippen molar-refractivity contribution in [1.29, 1.82) is 0 Å². The number of para-hydroxylation sites is 1. The van der Waals surface area contributed by atoms with Gasteiger partial charge in [0.25, 0.3) is 5.56 Å². The quantitative estimate of drug-likeness (QED) is 0.477. The molecule has 0 fully saturated rings. The Labute approximate surface area is 160 Å². The summed E-state index contributed by atoms with van der Waals surface area (Å²) in [4.78, 5) is 36.3. The van der Waals surface area contributed by atoms with Crippen molar-refractivity contribution in [2.24, 2.45) is 4.99 Å². The molecule has 3 N–H and O–H groups in total. The number of rotatable bonds is 4. The molecule has 0 aliphatic carbocycles. The Kier molecular flexibility index (Phi) is 4.23. The number of aryl methyl sites for hydroxylation is 1. The van der Waals surface area contributed by atoms with E-state index < -0.39 is 0 Å². The molecular weight excluding hydrogens is 356 g/mol. The lowest BCUT2D eigenvalue weighted by Gasteiger charge is -2.15. The molecule has 2 aromatic heterocycles. The second-order valence-corrected chi connectivity index (χ2v) is 6.74. The summed E-state index contributed by atoms with van der Waals surface area (Å²) in [6.07, 6.45) is 1.56. The average molecular weight is 376 g/mol. The molecular formula is C20H20N6O2. The highest BCUT2D eigenvalue weighted by atomic mass is 16.1. The van der Waals surface area contributed by atoms with E-state index in [1.165, 1.54) is 4.68 Å². The van der Waals surface area contributed by atoms with E-state index in [0.717, 1.165) is 17.1 Å². The van der Waals surface area contributed by atoms with Gasteiger partial charge < -0.3 is 14.9 Å². The highest BCUT2D eigenvalue weighted by Crippen LogP contribution is 2.30. The third kappa shape index (κ3) is 3.05. The van der Waals surface area contributed by atoms with E-state index in [4.69, 9.17) is 0 Å². The summed E-state index contributed by atoms with van der Waals surface area (Å²) in [5.74, 6) is 0. The molecule has 28 heavy (non-hydrogen) atoms. The Morgan fingerprint density at radius 2 is 1.71 bits per heavy atom. The smallest absolute Gasteiger partial charge is 0.323 e. The van der Waals surface area contributed by atoms with Gasteiger partial charge in [-0.15, -0.1) is 0 Å². The second-order valence-electron chi connectivity index (χ2n) is 6.74. The molecule has 0 unspecified atom stereocenters. The minimum absolute atomic E-state index is 0.171. The van der Waals surface area contributed by atoms with E-state index >= 15 is 0 Å². The van der Waals surface area contributed by atoms with Gasteiger partial charge in [0.2, 0.25) is 0 Å². The summed E-state index contributed by atoms with van der Waals surface area (Å²) in [6.45, 7) is 1.84. The lowest BCUT2D eigenvalue weighted by Crippen LogP contribution is -2.17. The molecule has 0 amide bonds. The van der Waals surface area contributed by atoms with Crippen molar-refractivity contribution in [3.63, 3.8) is 0 Å². The minimum atomic E-state index is -0.270. The third-order valence-corrected chi connectivity index (χ3v) is 4.56. The molecule has 0 radical (unpaired) electrons. The first-order valence-electron chi connectivity index (χ1n) is 8.78. The predicted octanol–water partition coefficient (Wildman–Crippen LogP) is 2.46. The standard InChI is InChI=1S/C20H20N6O2/c1-12-14(19(27)26(24-12)13-7-5-4-6-8-13)11-21-17-9-15-16(23-20(28)22-15)10-18(17)25(2)3/h4-11,24H,1-3H3,(H2,22,23,28). The van der Waals surface area contributed by atoms with E-state index in [0.29, 0.717) is 22.3 Å². The summed E-state index contributed by atoms with van der Waals surface area (Å²) < 4.78 is 1.50. The number of aromatic nitrogens is 4. The minimum Gasteiger partial charge on any atom is -0.376 e. The predicted molar refractivity (Wildman–Crippen MR) is 112 cm³/mol. The van der Waals surface area contributed by atoms with Crippen LogP contribution in [0, 0.1) is 6.92 Å². The maximum atomic E-state index is 12.8. The SMILES string of the molecule is Cc1[nH]n(-c2ccccc2)c(=O)c1C=Nc1cc2[nH]c(=O)[nH]c2cc1N(C)C. The van der Waals surface area contributed by atoms with Gasteiger partial charge in [-0.1, -0.05) is 18.2 Å². The average Bonchev–Trinajstić information content (AvgIpc) is 3.17. The van der Waals surface area contributed by atoms with Crippen LogP contribution in [0.4, 0.5) is 11.4 Å². The first kappa shape index (κ1) is 17.6. The lowest BCUT2D eigenvalue weighted by atomic mass is 10.2.